The van der Waals surface area contributed by atoms with Gasteiger partial charge in [0.05, 0.1) is 12.1 Å². The molecular weight excluding hydrogens is 235 g/mol. The highest BCUT2D eigenvalue weighted by atomic mass is 19.1. The first kappa shape index (κ1) is 11.2. The largest absolute Gasteiger partial charge is 0.351 e. The van der Waals surface area contributed by atoms with Crippen LogP contribution in [-0.4, -0.2) is 35.3 Å². The fourth-order valence-electron chi connectivity index (χ4n) is 2.77. The van der Waals surface area contributed by atoms with Crippen LogP contribution in [0.3, 0.4) is 0 Å². The van der Waals surface area contributed by atoms with Crippen LogP contribution in [-0.2, 0) is 4.79 Å². The molecule has 2 aliphatic rings. The van der Waals surface area contributed by atoms with Gasteiger partial charge in [0, 0.05) is 18.5 Å². The number of hydrogen-bond donors (Lipinski definition) is 1. The average Bonchev–Trinajstić information content (AvgIpc) is 2.87. The van der Waals surface area contributed by atoms with Crippen molar-refractivity contribution in [3.8, 4) is 0 Å². The summed E-state index contributed by atoms with van der Waals surface area (Å²) in [4.78, 5) is 25.3. The first-order valence-corrected chi connectivity index (χ1v) is 6.01. The molecule has 2 fully saturated rings. The van der Waals surface area contributed by atoms with Gasteiger partial charge in [-0.05, 0) is 24.6 Å². The second-order valence-corrected chi connectivity index (χ2v) is 4.74. The Morgan fingerprint density at radius 1 is 1.44 bits per heavy atom. The summed E-state index contributed by atoms with van der Waals surface area (Å²) in [5.41, 5.74) is 0.343. The third kappa shape index (κ3) is 1.75. The molecule has 94 valence electrons. The van der Waals surface area contributed by atoms with E-state index in [4.69, 9.17) is 0 Å². The van der Waals surface area contributed by atoms with Crippen LogP contribution >= 0.6 is 0 Å². The Labute approximate surface area is 104 Å². The van der Waals surface area contributed by atoms with Gasteiger partial charge in [-0.15, -0.1) is 0 Å². The number of fused-ring (bicyclic) bond motifs is 1. The highest BCUT2D eigenvalue weighted by Gasteiger charge is 2.43. The van der Waals surface area contributed by atoms with Crippen molar-refractivity contribution in [1.82, 2.24) is 10.2 Å². The number of benzene rings is 1. The fourth-order valence-corrected chi connectivity index (χ4v) is 2.77. The second kappa shape index (κ2) is 4.08. The molecule has 0 aliphatic carbocycles. The monoisotopic (exact) mass is 248 g/mol. The Bertz CT molecular complexity index is 517. The van der Waals surface area contributed by atoms with E-state index < -0.39 is 5.82 Å². The minimum atomic E-state index is -0.419. The maximum Gasteiger partial charge on any atom is 0.254 e. The van der Waals surface area contributed by atoms with Gasteiger partial charge in [-0.25, -0.2) is 4.39 Å². The first-order chi connectivity index (χ1) is 8.65. The van der Waals surface area contributed by atoms with Crippen LogP contribution < -0.4 is 5.32 Å². The van der Waals surface area contributed by atoms with Gasteiger partial charge >= 0.3 is 0 Å². The molecule has 3 rings (SSSR count). The standard InChI is InChI=1S/C13H13FN2O2/c14-9-3-1-2-8(6-9)13(18)16-5-4-10-11(16)7-12(17)15-10/h1-3,6,10-11H,4-5,7H2,(H,15,17)/t10-,11-/m1/s1. The highest BCUT2D eigenvalue weighted by molar-refractivity contribution is 5.95. The van der Waals surface area contributed by atoms with Crippen LogP contribution in [0.4, 0.5) is 4.39 Å². The van der Waals surface area contributed by atoms with Crippen molar-refractivity contribution < 1.29 is 14.0 Å². The van der Waals surface area contributed by atoms with Gasteiger partial charge in [0.2, 0.25) is 5.91 Å². The zero-order chi connectivity index (χ0) is 12.7. The Hall–Kier alpha value is -1.91. The quantitative estimate of drug-likeness (QED) is 0.803. The normalized spacial score (nSPS) is 26.1. The number of rotatable bonds is 1. The van der Waals surface area contributed by atoms with Gasteiger partial charge < -0.3 is 10.2 Å². The highest BCUT2D eigenvalue weighted by Crippen LogP contribution is 2.27. The second-order valence-electron chi connectivity index (χ2n) is 4.74. The molecular formula is C13H13FN2O2. The summed E-state index contributed by atoms with van der Waals surface area (Å²) in [6.45, 7) is 0.616. The zero-order valence-corrected chi connectivity index (χ0v) is 9.73. The fraction of sp³-hybridized carbons (Fsp3) is 0.385. The number of hydrogen-bond acceptors (Lipinski definition) is 2. The SMILES string of the molecule is O=C1C[C@@H]2[C@@H](CCN2C(=O)c2cccc(F)c2)N1. The molecule has 18 heavy (non-hydrogen) atoms. The van der Waals surface area contributed by atoms with Gasteiger partial charge in [0.25, 0.3) is 5.91 Å². The van der Waals surface area contributed by atoms with Crippen molar-refractivity contribution in [2.45, 2.75) is 24.9 Å². The molecule has 0 saturated carbocycles. The van der Waals surface area contributed by atoms with Crippen molar-refractivity contribution in [3.63, 3.8) is 0 Å². The molecule has 2 heterocycles. The van der Waals surface area contributed by atoms with E-state index in [9.17, 15) is 14.0 Å². The number of likely N-dealkylation sites (tertiary alicyclic amines) is 1. The van der Waals surface area contributed by atoms with Gasteiger partial charge in [-0.3, -0.25) is 9.59 Å². The molecule has 0 bridgehead atoms. The predicted octanol–water partition coefficient (Wildman–Crippen LogP) is 0.929. The van der Waals surface area contributed by atoms with E-state index in [0.717, 1.165) is 6.42 Å². The molecule has 5 heteroatoms. The van der Waals surface area contributed by atoms with E-state index in [1.165, 1.54) is 18.2 Å². The van der Waals surface area contributed by atoms with E-state index in [1.54, 1.807) is 11.0 Å². The van der Waals surface area contributed by atoms with Crippen LogP contribution in [0.1, 0.15) is 23.2 Å². The van der Waals surface area contributed by atoms with E-state index >= 15 is 0 Å². The smallest absolute Gasteiger partial charge is 0.254 e. The van der Waals surface area contributed by atoms with Gasteiger partial charge in [-0.2, -0.15) is 0 Å². The molecule has 2 amide bonds. The summed E-state index contributed by atoms with van der Waals surface area (Å²) < 4.78 is 13.1. The van der Waals surface area contributed by atoms with Crippen LogP contribution in [0, 0.1) is 5.82 Å². The van der Waals surface area contributed by atoms with Gasteiger partial charge in [-0.1, -0.05) is 6.07 Å². The summed E-state index contributed by atoms with van der Waals surface area (Å²) in [5.74, 6) is -0.627. The molecule has 1 aromatic rings. The van der Waals surface area contributed by atoms with Crippen LogP contribution in [0.15, 0.2) is 24.3 Å². The van der Waals surface area contributed by atoms with E-state index in [1.807, 2.05) is 0 Å². The number of carbonyl (C=O) groups is 2. The third-order valence-corrected chi connectivity index (χ3v) is 3.62. The summed E-state index contributed by atoms with van der Waals surface area (Å²) in [6, 6.07) is 5.66. The zero-order valence-electron chi connectivity index (χ0n) is 9.73. The Morgan fingerprint density at radius 3 is 3.06 bits per heavy atom. The topological polar surface area (TPSA) is 49.4 Å². The Morgan fingerprint density at radius 2 is 2.28 bits per heavy atom. The summed E-state index contributed by atoms with van der Waals surface area (Å²) in [7, 11) is 0. The van der Waals surface area contributed by atoms with Crippen LogP contribution in [0.2, 0.25) is 0 Å². The minimum Gasteiger partial charge on any atom is -0.351 e. The average molecular weight is 248 g/mol. The molecule has 0 aromatic heterocycles. The first-order valence-electron chi connectivity index (χ1n) is 6.01. The lowest BCUT2D eigenvalue weighted by Crippen LogP contribution is -2.38. The molecule has 2 aliphatic heterocycles. The van der Waals surface area contributed by atoms with Crippen LogP contribution in [0.5, 0.6) is 0 Å². The van der Waals surface area contributed by atoms with Gasteiger partial charge in [0.1, 0.15) is 5.82 Å². The van der Waals surface area contributed by atoms with Crippen molar-refractivity contribution in [2.24, 2.45) is 0 Å². The molecule has 2 atom stereocenters. The Balaban J connectivity index is 1.83. The van der Waals surface area contributed by atoms with Crippen molar-refractivity contribution >= 4 is 11.8 Å². The minimum absolute atomic E-state index is 0.0123. The predicted molar refractivity (Wildman–Crippen MR) is 62.4 cm³/mol. The number of halogens is 1. The van der Waals surface area contributed by atoms with E-state index in [2.05, 4.69) is 5.32 Å². The summed E-state index contributed by atoms with van der Waals surface area (Å²) in [5, 5.41) is 2.86. The number of nitrogens with one attached hydrogen (secondary N) is 1. The van der Waals surface area contributed by atoms with Crippen molar-refractivity contribution in [2.75, 3.05) is 6.54 Å². The van der Waals surface area contributed by atoms with E-state index in [0.29, 0.717) is 18.5 Å². The number of nitrogens with zero attached hydrogens (tertiary/aromatic N) is 1. The van der Waals surface area contributed by atoms with Gasteiger partial charge in [0.15, 0.2) is 0 Å². The molecule has 0 radical (unpaired) electrons. The summed E-state index contributed by atoms with van der Waals surface area (Å²) >= 11 is 0. The maximum absolute atomic E-state index is 13.1. The van der Waals surface area contributed by atoms with Crippen molar-refractivity contribution in [1.29, 1.82) is 0 Å². The van der Waals surface area contributed by atoms with Crippen molar-refractivity contribution in [3.05, 3.63) is 35.6 Å². The van der Waals surface area contributed by atoms with Crippen LogP contribution in [0.25, 0.3) is 0 Å². The third-order valence-electron chi connectivity index (χ3n) is 3.62. The number of amides is 2. The molecule has 0 unspecified atom stereocenters. The molecule has 1 N–H and O–H groups in total. The maximum atomic E-state index is 13.1. The lowest BCUT2D eigenvalue weighted by Gasteiger charge is -2.22. The molecule has 1 aromatic carbocycles. The van der Waals surface area contributed by atoms with E-state index in [-0.39, 0.29) is 23.9 Å². The molecule has 4 nitrogen and oxygen atoms in total. The molecule has 2 saturated heterocycles. The summed E-state index contributed by atoms with van der Waals surface area (Å²) in [6.07, 6.45) is 1.13. The number of carbonyl (C=O) groups excluding carboxylic acids is 2. The Kier molecular flexibility index (Phi) is 2.54. The lowest BCUT2D eigenvalue weighted by atomic mass is 10.1. The lowest BCUT2D eigenvalue weighted by molar-refractivity contribution is -0.119. The molecule has 0 spiro atoms.